The Morgan fingerprint density at radius 3 is 1.62 bits per heavy atom. The molecule has 0 atom stereocenters. The van der Waals surface area contributed by atoms with Gasteiger partial charge in [0.05, 0.1) is 5.41 Å². The van der Waals surface area contributed by atoms with Gasteiger partial charge in [0.2, 0.25) is 0 Å². The van der Waals surface area contributed by atoms with Gasteiger partial charge in [-0.2, -0.15) is 0 Å². The lowest BCUT2D eigenvalue weighted by molar-refractivity contribution is 0.807. The third-order valence-corrected chi connectivity index (χ3v) is 4.53. The van der Waals surface area contributed by atoms with Crippen molar-refractivity contribution < 1.29 is 0 Å². The normalized spacial score (nSPS) is 14.3. The number of benzene rings is 3. The Bertz CT molecular complexity index is 767. The predicted molar refractivity (Wildman–Crippen MR) is 88.4 cm³/mol. The Hall–Kier alpha value is -2.60. The van der Waals surface area contributed by atoms with Crippen LogP contribution in [0.5, 0.6) is 0 Å². The molecular formula is C21H16. The van der Waals surface area contributed by atoms with Crippen LogP contribution >= 0.6 is 0 Å². The van der Waals surface area contributed by atoms with Crippen LogP contribution in [0.3, 0.4) is 0 Å². The minimum absolute atomic E-state index is 0.242. The molecule has 0 radical (unpaired) electrons. The van der Waals surface area contributed by atoms with Gasteiger partial charge in [-0.1, -0.05) is 84.9 Å². The lowest BCUT2D eigenvalue weighted by atomic mass is 9.73. The first-order valence-corrected chi connectivity index (χ1v) is 7.26. The van der Waals surface area contributed by atoms with E-state index < -0.39 is 0 Å². The van der Waals surface area contributed by atoms with E-state index in [1.165, 1.54) is 27.8 Å². The summed E-state index contributed by atoms with van der Waals surface area (Å²) in [5, 5.41) is 0. The van der Waals surface area contributed by atoms with Crippen molar-refractivity contribution in [2.24, 2.45) is 0 Å². The van der Waals surface area contributed by atoms with E-state index in [0.29, 0.717) is 0 Å². The molecule has 0 N–H and O–H groups in total. The minimum atomic E-state index is -0.242. The third-order valence-electron chi connectivity index (χ3n) is 4.53. The van der Waals surface area contributed by atoms with Crippen molar-refractivity contribution in [1.82, 2.24) is 0 Å². The maximum atomic E-state index is 4.19. The molecule has 0 saturated carbocycles. The van der Waals surface area contributed by atoms with Gasteiger partial charge in [0, 0.05) is 0 Å². The highest BCUT2D eigenvalue weighted by molar-refractivity contribution is 5.84. The zero-order valence-corrected chi connectivity index (χ0v) is 11.8. The van der Waals surface area contributed by atoms with Crippen molar-refractivity contribution in [2.45, 2.75) is 5.41 Å². The quantitative estimate of drug-likeness (QED) is 0.561. The molecule has 1 aliphatic carbocycles. The highest BCUT2D eigenvalue weighted by Gasteiger charge is 2.41. The van der Waals surface area contributed by atoms with Gasteiger partial charge in [0.15, 0.2) is 0 Å². The van der Waals surface area contributed by atoms with E-state index in [0.717, 1.165) is 0 Å². The Morgan fingerprint density at radius 2 is 1.10 bits per heavy atom. The minimum Gasteiger partial charge on any atom is -0.102 e. The van der Waals surface area contributed by atoms with Gasteiger partial charge in [0.25, 0.3) is 0 Å². The van der Waals surface area contributed by atoms with Crippen LogP contribution in [0.15, 0.2) is 91.5 Å². The summed E-state index contributed by atoms with van der Waals surface area (Å²) in [4.78, 5) is 0. The molecule has 0 saturated heterocycles. The van der Waals surface area contributed by atoms with E-state index in [4.69, 9.17) is 0 Å². The summed E-state index contributed by atoms with van der Waals surface area (Å²) in [5.41, 5.74) is 6.32. The highest BCUT2D eigenvalue weighted by Crippen LogP contribution is 2.52. The van der Waals surface area contributed by atoms with Gasteiger partial charge >= 0.3 is 0 Å². The second kappa shape index (κ2) is 4.46. The Kier molecular flexibility index (Phi) is 2.58. The topological polar surface area (TPSA) is 0 Å². The molecule has 3 aromatic carbocycles. The first kappa shape index (κ1) is 12.2. The van der Waals surface area contributed by atoms with E-state index >= 15 is 0 Å². The summed E-state index contributed by atoms with van der Waals surface area (Å²) in [5.74, 6) is 0. The number of allylic oxidation sites excluding steroid dienone is 1. The first-order chi connectivity index (χ1) is 10.4. The predicted octanol–water partition coefficient (Wildman–Crippen LogP) is 5.19. The fourth-order valence-electron chi connectivity index (χ4n) is 3.62. The lowest BCUT2D eigenvalue weighted by Crippen LogP contribution is -2.23. The third kappa shape index (κ3) is 1.50. The van der Waals surface area contributed by atoms with Crippen molar-refractivity contribution in [1.29, 1.82) is 0 Å². The largest absolute Gasteiger partial charge is 0.102 e. The molecule has 0 heterocycles. The zero-order valence-electron chi connectivity index (χ0n) is 11.8. The summed E-state index contributed by atoms with van der Waals surface area (Å²) in [6, 6.07) is 28.0. The highest BCUT2D eigenvalue weighted by atomic mass is 14.4. The number of hydrogen-bond acceptors (Lipinski definition) is 0. The summed E-state index contributed by atoms with van der Waals surface area (Å²) in [6.07, 6.45) is 2.09. The van der Waals surface area contributed by atoms with Crippen LogP contribution in [-0.4, -0.2) is 0 Å². The monoisotopic (exact) mass is 268 g/mol. The standard InChI is InChI=1S/C21H16/c1-2-21(16-10-4-3-5-11-16)19-14-8-6-12-17(19)18-13-7-9-15-20(18)21/h2-15H,1H2. The molecule has 0 fully saturated rings. The molecule has 0 unspecified atom stereocenters. The van der Waals surface area contributed by atoms with E-state index in [-0.39, 0.29) is 5.41 Å². The van der Waals surface area contributed by atoms with Crippen LogP contribution in [0.4, 0.5) is 0 Å². The average molecular weight is 268 g/mol. The van der Waals surface area contributed by atoms with Crippen LogP contribution in [0.25, 0.3) is 11.1 Å². The van der Waals surface area contributed by atoms with Crippen molar-refractivity contribution in [3.63, 3.8) is 0 Å². The molecule has 0 spiro atoms. The Balaban J connectivity index is 2.15. The van der Waals surface area contributed by atoms with Crippen LogP contribution in [0, 0.1) is 0 Å². The SMILES string of the molecule is C=CC1(c2ccccc2)c2ccccc2-c2ccccc21. The summed E-state index contributed by atoms with van der Waals surface area (Å²) >= 11 is 0. The first-order valence-electron chi connectivity index (χ1n) is 7.26. The molecule has 3 aromatic rings. The zero-order chi connectivity index (χ0) is 14.3. The summed E-state index contributed by atoms with van der Waals surface area (Å²) < 4.78 is 0. The molecule has 0 nitrogen and oxygen atoms in total. The Labute approximate surface area is 125 Å². The van der Waals surface area contributed by atoms with Crippen molar-refractivity contribution in [3.05, 3.63) is 108 Å². The van der Waals surface area contributed by atoms with Gasteiger partial charge in [0.1, 0.15) is 0 Å². The molecular weight excluding hydrogens is 252 g/mol. The van der Waals surface area contributed by atoms with Gasteiger partial charge in [-0.25, -0.2) is 0 Å². The van der Waals surface area contributed by atoms with Gasteiger partial charge in [-0.3, -0.25) is 0 Å². The molecule has 0 bridgehead atoms. The number of rotatable bonds is 2. The van der Waals surface area contributed by atoms with E-state index in [1.54, 1.807) is 0 Å². The van der Waals surface area contributed by atoms with Crippen LogP contribution in [0.1, 0.15) is 16.7 Å². The number of hydrogen-bond donors (Lipinski definition) is 0. The van der Waals surface area contributed by atoms with Gasteiger partial charge in [-0.15, -0.1) is 6.58 Å². The molecule has 1 aliphatic rings. The van der Waals surface area contributed by atoms with Gasteiger partial charge < -0.3 is 0 Å². The van der Waals surface area contributed by atoms with Crippen LogP contribution in [0.2, 0.25) is 0 Å². The summed E-state index contributed by atoms with van der Waals surface area (Å²) in [7, 11) is 0. The fourth-order valence-corrected chi connectivity index (χ4v) is 3.62. The molecule has 0 aliphatic heterocycles. The van der Waals surface area contributed by atoms with Crippen LogP contribution in [-0.2, 0) is 5.41 Å². The van der Waals surface area contributed by atoms with Crippen molar-refractivity contribution in [2.75, 3.05) is 0 Å². The molecule has 0 amide bonds. The molecule has 4 rings (SSSR count). The fraction of sp³-hybridized carbons (Fsp3) is 0.0476. The molecule has 0 aromatic heterocycles. The van der Waals surface area contributed by atoms with E-state index in [2.05, 4.69) is 91.5 Å². The number of fused-ring (bicyclic) bond motifs is 3. The summed E-state index contributed by atoms with van der Waals surface area (Å²) in [6.45, 7) is 4.19. The smallest absolute Gasteiger partial charge is 0.0641 e. The maximum absolute atomic E-state index is 4.19. The molecule has 0 heteroatoms. The van der Waals surface area contributed by atoms with Gasteiger partial charge in [-0.05, 0) is 27.8 Å². The average Bonchev–Trinajstić information content (AvgIpc) is 2.87. The second-order valence-electron chi connectivity index (χ2n) is 5.47. The van der Waals surface area contributed by atoms with Crippen molar-refractivity contribution >= 4 is 0 Å². The molecule has 100 valence electrons. The van der Waals surface area contributed by atoms with E-state index in [9.17, 15) is 0 Å². The van der Waals surface area contributed by atoms with Crippen LogP contribution < -0.4 is 0 Å². The molecule has 21 heavy (non-hydrogen) atoms. The van der Waals surface area contributed by atoms with E-state index in [1.807, 2.05) is 0 Å². The Morgan fingerprint density at radius 1 is 0.619 bits per heavy atom. The maximum Gasteiger partial charge on any atom is 0.0641 e. The second-order valence-corrected chi connectivity index (χ2v) is 5.47. The lowest BCUT2D eigenvalue weighted by Gasteiger charge is -2.29. The van der Waals surface area contributed by atoms with Crippen molar-refractivity contribution in [3.8, 4) is 11.1 Å².